The van der Waals surface area contributed by atoms with Gasteiger partial charge in [0.25, 0.3) is 0 Å². The van der Waals surface area contributed by atoms with Crippen LogP contribution in [0.3, 0.4) is 0 Å². The highest BCUT2D eigenvalue weighted by Crippen LogP contribution is 2.07. The molecule has 0 saturated heterocycles. The molecule has 0 fully saturated rings. The third-order valence-electron chi connectivity index (χ3n) is 2.57. The maximum Gasteiger partial charge on any atom is 0.00640 e. The first kappa shape index (κ1) is 9.96. The summed E-state index contributed by atoms with van der Waals surface area (Å²) in [6.07, 6.45) is 2.50. The molecule has 0 radical (unpaired) electrons. The zero-order chi connectivity index (χ0) is 8.15. The van der Waals surface area contributed by atoms with Gasteiger partial charge in [-0.15, -0.1) is 0 Å². The van der Waals surface area contributed by atoms with Crippen molar-refractivity contribution in [1.82, 2.24) is 4.90 Å². The normalized spacial score (nSPS) is 17.4. The number of nitrogens with zero attached hydrogens (tertiary/aromatic N) is 1. The topological polar surface area (TPSA) is 3.24 Å². The molecular weight excluding hydrogens is 122 g/mol. The fourth-order valence-electron chi connectivity index (χ4n) is 1.01. The molecule has 0 N–H and O–H groups in total. The first-order valence-corrected chi connectivity index (χ1v) is 4.35. The maximum absolute atomic E-state index is 2.44. The van der Waals surface area contributed by atoms with Crippen LogP contribution in [0, 0.1) is 0 Å². The zero-order valence-corrected chi connectivity index (χ0v) is 8.02. The molecule has 0 aromatic rings. The second kappa shape index (κ2) is 4.73. The van der Waals surface area contributed by atoms with Gasteiger partial charge in [-0.1, -0.05) is 13.8 Å². The summed E-state index contributed by atoms with van der Waals surface area (Å²) in [6.45, 7) is 9.05. The standard InChI is InChI=1S/C9H21N/c1-6-8(3)10(5)9(4)7-2/h8-9H,6-7H2,1-5H3/t8-,9?/m1/s1. The Morgan fingerprint density at radius 1 is 1.00 bits per heavy atom. The van der Waals surface area contributed by atoms with E-state index in [0.29, 0.717) is 0 Å². The molecule has 0 aliphatic carbocycles. The molecule has 0 rings (SSSR count). The van der Waals surface area contributed by atoms with E-state index in [0.717, 1.165) is 12.1 Å². The van der Waals surface area contributed by atoms with E-state index >= 15 is 0 Å². The minimum Gasteiger partial charge on any atom is -0.301 e. The van der Waals surface area contributed by atoms with Crippen LogP contribution in [0.4, 0.5) is 0 Å². The van der Waals surface area contributed by atoms with Gasteiger partial charge >= 0.3 is 0 Å². The van der Waals surface area contributed by atoms with Crippen molar-refractivity contribution in [2.45, 2.75) is 52.6 Å². The first-order valence-electron chi connectivity index (χ1n) is 4.35. The van der Waals surface area contributed by atoms with E-state index in [2.05, 4.69) is 39.6 Å². The molecule has 2 atom stereocenters. The van der Waals surface area contributed by atoms with E-state index in [1.807, 2.05) is 0 Å². The van der Waals surface area contributed by atoms with Gasteiger partial charge in [0.15, 0.2) is 0 Å². The SMILES string of the molecule is CCC(C)N(C)[C@H](C)CC. The fourth-order valence-corrected chi connectivity index (χ4v) is 1.01. The Balaban J connectivity index is 3.69. The Bertz CT molecular complexity index is 70.8. The minimum absolute atomic E-state index is 0.731. The van der Waals surface area contributed by atoms with Crippen LogP contribution in [0.25, 0.3) is 0 Å². The van der Waals surface area contributed by atoms with Crippen molar-refractivity contribution in [2.24, 2.45) is 0 Å². The molecule has 0 saturated carbocycles. The van der Waals surface area contributed by atoms with Crippen LogP contribution in [-0.2, 0) is 0 Å². The second-order valence-corrected chi connectivity index (χ2v) is 3.18. The van der Waals surface area contributed by atoms with Crippen molar-refractivity contribution >= 4 is 0 Å². The van der Waals surface area contributed by atoms with Gasteiger partial charge in [0.2, 0.25) is 0 Å². The third kappa shape index (κ3) is 2.70. The van der Waals surface area contributed by atoms with Crippen LogP contribution < -0.4 is 0 Å². The van der Waals surface area contributed by atoms with Crippen LogP contribution in [0.5, 0.6) is 0 Å². The summed E-state index contributed by atoms with van der Waals surface area (Å²) < 4.78 is 0. The maximum atomic E-state index is 2.44. The summed E-state index contributed by atoms with van der Waals surface area (Å²) in [5.41, 5.74) is 0. The van der Waals surface area contributed by atoms with Crippen molar-refractivity contribution in [3.05, 3.63) is 0 Å². The summed E-state index contributed by atoms with van der Waals surface area (Å²) >= 11 is 0. The molecule has 0 aromatic heterocycles. The second-order valence-electron chi connectivity index (χ2n) is 3.18. The average Bonchev–Trinajstić information content (AvgIpc) is 2.00. The number of rotatable bonds is 4. The molecule has 0 aromatic carbocycles. The van der Waals surface area contributed by atoms with Crippen molar-refractivity contribution in [1.29, 1.82) is 0 Å². The van der Waals surface area contributed by atoms with Crippen molar-refractivity contribution < 1.29 is 0 Å². The molecule has 0 spiro atoms. The van der Waals surface area contributed by atoms with Crippen LogP contribution in [0.2, 0.25) is 0 Å². The number of hydrogen-bond donors (Lipinski definition) is 0. The van der Waals surface area contributed by atoms with E-state index in [-0.39, 0.29) is 0 Å². The van der Waals surface area contributed by atoms with Gasteiger partial charge in [-0.2, -0.15) is 0 Å². The fraction of sp³-hybridized carbons (Fsp3) is 1.00. The molecule has 0 bridgehead atoms. The van der Waals surface area contributed by atoms with Crippen molar-refractivity contribution in [2.75, 3.05) is 7.05 Å². The van der Waals surface area contributed by atoms with Crippen LogP contribution in [0.1, 0.15) is 40.5 Å². The summed E-state index contributed by atoms with van der Waals surface area (Å²) in [7, 11) is 2.21. The lowest BCUT2D eigenvalue weighted by molar-refractivity contribution is 0.187. The van der Waals surface area contributed by atoms with Crippen molar-refractivity contribution in [3.63, 3.8) is 0 Å². The predicted molar refractivity (Wildman–Crippen MR) is 47.3 cm³/mol. The number of hydrogen-bond acceptors (Lipinski definition) is 1. The Morgan fingerprint density at radius 3 is 1.50 bits per heavy atom. The summed E-state index contributed by atoms with van der Waals surface area (Å²) in [5.74, 6) is 0. The Kier molecular flexibility index (Phi) is 4.71. The predicted octanol–water partition coefficient (Wildman–Crippen LogP) is 2.52. The van der Waals surface area contributed by atoms with Gasteiger partial charge in [0, 0.05) is 12.1 Å². The quantitative estimate of drug-likeness (QED) is 0.584. The van der Waals surface area contributed by atoms with Gasteiger partial charge in [-0.25, -0.2) is 0 Å². The first-order chi connectivity index (χ1) is 4.63. The van der Waals surface area contributed by atoms with Gasteiger partial charge < -0.3 is 4.90 Å². The third-order valence-corrected chi connectivity index (χ3v) is 2.57. The summed E-state index contributed by atoms with van der Waals surface area (Å²) in [5, 5.41) is 0. The molecule has 10 heavy (non-hydrogen) atoms. The lowest BCUT2D eigenvalue weighted by atomic mass is 10.1. The van der Waals surface area contributed by atoms with Gasteiger partial charge in [-0.05, 0) is 33.7 Å². The highest BCUT2D eigenvalue weighted by Gasteiger charge is 2.11. The highest BCUT2D eigenvalue weighted by atomic mass is 15.1. The molecule has 1 heteroatoms. The zero-order valence-electron chi connectivity index (χ0n) is 8.02. The van der Waals surface area contributed by atoms with E-state index in [1.165, 1.54) is 12.8 Å². The Hall–Kier alpha value is -0.0400. The molecular formula is C9H21N. The Morgan fingerprint density at radius 2 is 1.30 bits per heavy atom. The molecule has 0 heterocycles. The highest BCUT2D eigenvalue weighted by molar-refractivity contribution is 4.66. The summed E-state index contributed by atoms with van der Waals surface area (Å²) in [4.78, 5) is 2.44. The van der Waals surface area contributed by atoms with E-state index in [4.69, 9.17) is 0 Å². The van der Waals surface area contributed by atoms with Gasteiger partial charge in [-0.3, -0.25) is 0 Å². The van der Waals surface area contributed by atoms with E-state index in [9.17, 15) is 0 Å². The molecule has 0 amide bonds. The monoisotopic (exact) mass is 143 g/mol. The van der Waals surface area contributed by atoms with Crippen LogP contribution in [0.15, 0.2) is 0 Å². The smallest absolute Gasteiger partial charge is 0.00640 e. The molecule has 0 aliphatic heterocycles. The van der Waals surface area contributed by atoms with Gasteiger partial charge in [0.05, 0.1) is 0 Å². The lowest BCUT2D eigenvalue weighted by Gasteiger charge is -2.29. The molecule has 1 unspecified atom stereocenters. The molecule has 0 aliphatic rings. The van der Waals surface area contributed by atoms with E-state index in [1.54, 1.807) is 0 Å². The van der Waals surface area contributed by atoms with Crippen LogP contribution >= 0.6 is 0 Å². The van der Waals surface area contributed by atoms with Crippen LogP contribution in [-0.4, -0.2) is 24.0 Å². The van der Waals surface area contributed by atoms with E-state index < -0.39 is 0 Å². The minimum atomic E-state index is 0.731. The lowest BCUT2D eigenvalue weighted by Crippen LogP contribution is -2.35. The average molecular weight is 143 g/mol. The van der Waals surface area contributed by atoms with Gasteiger partial charge in [0.1, 0.15) is 0 Å². The summed E-state index contributed by atoms with van der Waals surface area (Å²) in [6, 6.07) is 1.46. The largest absolute Gasteiger partial charge is 0.301 e. The molecule has 62 valence electrons. The Labute approximate surface area is 65.4 Å². The van der Waals surface area contributed by atoms with Crippen molar-refractivity contribution in [3.8, 4) is 0 Å². The molecule has 1 nitrogen and oxygen atoms in total.